The van der Waals surface area contributed by atoms with Crippen LogP contribution >= 0.6 is 11.6 Å². The third-order valence-electron chi connectivity index (χ3n) is 1.76. The van der Waals surface area contributed by atoms with Crippen molar-refractivity contribution in [2.24, 2.45) is 0 Å². The summed E-state index contributed by atoms with van der Waals surface area (Å²) in [7, 11) is 0. The van der Waals surface area contributed by atoms with Crippen molar-refractivity contribution in [1.29, 1.82) is 0 Å². The predicted molar refractivity (Wildman–Crippen MR) is 58.3 cm³/mol. The Bertz CT molecular complexity index is 499. The van der Waals surface area contributed by atoms with Gasteiger partial charge in [-0.2, -0.15) is 15.0 Å². The van der Waals surface area contributed by atoms with E-state index in [1.165, 1.54) is 0 Å². The van der Waals surface area contributed by atoms with Crippen LogP contribution in [0.1, 0.15) is 5.69 Å². The van der Waals surface area contributed by atoms with Gasteiger partial charge < -0.3 is 10.5 Å². The molecule has 0 bridgehead atoms. The first-order valence-electron chi connectivity index (χ1n) is 4.41. The summed E-state index contributed by atoms with van der Waals surface area (Å²) < 4.78 is 5.38. The highest BCUT2D eigenvalue weighted by Gasteiger charge is 2.06. The Kier molecular flexibility index (Phi) is 2.82. The number of aryl methyl sites for hydroxylation is 1. The molecule has 0 atom stereocenters. The van der Waals surface area contributed by atoms with Crippen LogP contribution in [0.2, 0.25) is 5.28 Å². The summed E-state index contributed by atoms with van der Waals surface area (Å²) in [5, 5.41) is -0.0101. The molecule has 0 radical (unpaired) electrons. The number of nitrogen functional groups attached to an aromatic ring is 1. The molecule has 16 heavy (non-hydrogen) atoms. The Balaban J connectivity index is 2.30. The lowest BCUT2D eigenvalue weighted by molar-refractivity contribution is 0.435. The number of halogens is 1. The van der Waals surface area contributed by atoms with E-state index in [0.29, 0.717) is 5.75 Å². The summed E-state index contributed by atoms with van der Waals surface area (Å²) in [6.45, 7) is 1.81. The maximum atomic E-state index is 5.62. The lowest BCUT2D eigenvalue weighted by Crippen LogP contribution is -2.01. The van der Waals surface area contributed by atoms with Crippen molar-refractivity contribution in [3.05, 3.63) is 29.3 Å². The summed E-state index contributed by atoms with van der Waals surface area (Å²) >= 11 is 5.62. The minimum atomic E-state index is -0.0101. The molecule has 2 heterocycles. The number of hydrogen-bond donors (Lipinski definition) is 1. The normalized spacial score (nSPS) is 10.1. The summed E-state index contributed by atoms with van der Waals surface area (Å²) in [5.74, 6) is 0.556. The number of anilines is 1. The second kappa shape index (κ2) is 4.28. The summed E-state index contributed by atoms with van der Waals surface area (Å²) in [6, 6.07) is 3.54. The lowest BCUT2D eigenvalue weighted by atomic mass is 10.3. The van der Waals surface area contributed by atoms with Crippen LogP contribution in [-0.2, 0) is 0 Å². The quantitative estimate of drug-likeness (QED) is 0.854. The number of aromatic nitrogens is 4. The van der Waals surface area contributed by atoms with Crippen molar-refractivity contribution in [1.82, 2.24) is 19.9 Å². The van der Waals surface area contributed by atoms with Crippen molar-refractivity contribution in [3.63, 3.8) is 0 Å². The Labute approximate surface area is 96.5 Å². The number of nitrogens with two attached hydrogens (primary N) is 1. The van der Waals surface area contributed by atoms with E-state index >= 15 is 0 Å². The molecule has 2 rings (SSSR count). The molecule has 0 aromatic carbocycles. The van der Waals surface area contributed by atoms with Crippen molar-refractivity contribution < 1.29 is 4.74 Å². The van der Waals surface area contributed by atoms with E-state index in [4.69, 9.17) is 22.1 Å². The van der Waals surface area contributed by atoms with Gasteiger partial charge in [0.25, 0.3) is 0 Å². The van der Waals surface area contributed by atoms with Gasteiger partial charge in [-0.25, -0.2) is 0 Å². The second-order valence-electron chi connectivity index (χ2n) is 2.93. The highest BCUT2D eigenvalue weighted by atomic mass is 35.5. The van der Waals surface area contributed by atoms with Gasteiger partial charge in [-0.1, -0.05) is 0 Å². The van der Waals surface area contributed by atoms with Crippen LogP contribution in [0.15, 0.2) is 18.3 Å². The highest BCUT2D eigenvalue weighted by Crippen LogP contribution is 2.21. The van der Waals surface area contributed by atoms with Gasteiger partial charge in [0.15, 0.2) is 5.75 Å². The fraction of sp³-hybridized carbons (Fsp3) is 0.111. The lowest BCUT2D eigenvalue weighted by Gasteiger charge is -2.05. The van der Waals surface area contributed by atoms with Crippen LogP contribution in [0, 0.1) is 6.92 Å². The largest absolute Gasteiger partial charge is 0.422 e. The van der Waals surface area contributed by atoms with Gasteiger partial charge in [-0.15, -0.1) is 0 Å². The molecular formula is C9H8ClN5O. The molecule has 0 saturated heterocycles. The highest BCUT2D eigenvalue weighted by molar-refractivity contribution is 6.28. The first-order valence-corrected chi connectivity index (χ1v) is 4.79. The van der Waals surface area contributed by atoms with E-state index in [-0.39, 0.29) is 17.2 Å². The zero-order valence-electron chi connectivity index (χ0n) is 8.38. The Morgan fingerprint density at radius 3 is 2.81 bits per heavy atom. The van der Waals surface area contributed by atoms with Gasteiger partial charge in [-0.3, -0.25) is 4.98 Å². The topological polar surface area (TPSA) is 86.8 Å². The fourth-order valence-electron chi connectivity index (χ4n) is 1.07. The Morgan fingerprint density at radius 1 is 1.31 bits per heavy atom. The number of nitrogens with zero attached hydrogens (tertiary/aromatic N) is 4. The van der Waals surface area contributed by atoms with E-state index in [1.54, 1.807) is 18.3 Å². The first-order chi connectivity index (χ1) is 7.65. The second-order valence-corrected chi connectivity index (χ2v) is 3.27. The molecule has 6 nitrogen and oxygen atoms in total. The predicted octanol–water partition coefficient (Wildman–Crippen LogP) is 1.60. The average molecular weight is 238 g/mol. The van der Waals surface area contributed by atoms with E-state index in [9.17, 15) is 0 Å². The molecule has 0 aliphatic heterocycles. The van der Waals surface area contributed by atoms with Gasteiger partial charge >= 0.3 is 6.01 Å². The standard InChI is InChI=1S/C9H8ClN5O/c1-5-6(3-2-4-12-5)16-9-14-7(10)13-8(11)15-9/h2-4H,1H3,(H2,11,13,14,15). The average Bonchev–Trinajstić information content (AvgIpc) is 2.20. The number of ether oxygens (including phenoxy) is 1. The minimum absolute atomic E-state index is 0.0101. The van der Waals surface area contributed by atoms with E-state index < -0.39 is 0 Å². The zero-order chi connectivity index (χ0) is 11.5. The maximum Gasteiger partial charge on any atom is 0.328 e. The smallest absolute Gasteiger partial charge is 0.328 e. The molecule has 0 unspecified atom stereocenters. The SMILES string of the molecule is Cc1ncccc1Oc1nc(N)nc(Cl)n1. The zero-order valence-corrected chi connectivity index (χ0v) is 9.14. The van der Waals surface area contributed by atoms with E-state index in [0.717, 1.165) is 5.69 Å². The molecule has 0 aliphatic carbocycles. The number of pyridine rings is 1. The van der Waals surface area contributed by atoms with Gasteiger partial charge in [0.1, 0.15) is 0 Å². The van der Waals surface area contributed by atoms with Gasteiger partial charge in [0.05, 0.1) is 5.69 Å². The molecule has 0 aliphatic rings. The molecule has 82 valence electrons. The van der Waals surface area contributed by atoms with Crippen molar-refractivity contribution >= 4 is 17.5 Å². The van der Waals surface area contributed by atoms with Gasteiger partial charge in [0, 0.05) is 6.20 Å². The van der Waals surface area contributed by atoms with Crippen LogP contribution in [0.3, 0.4) is 0 Å². The third kappa shape index (κ3) is 2.34. The molecule has 2 aromatic heterocycles. The van der Waals surface area contributed by atoms with Crippen molar-refractivity contribution in [2.45, 2.75) is 6.92 Å². The molecule has 0 amide bonds. The van der Waals surface area contributed by atoms with Crippen LogP contribution < -0.4 is 10.5 Å². The molecule has 7 heteroatoms. The number of rotatable bonds is 2. The summed E-state index contributed by atoms with van der Waals surface area (Å²) in [5.41, 5.74) is 6.13. The van der Waals surface area contributed by atoms with Crippen LogP contribution in [-0.4, -0.2) is 19.9 Å². The maximum absolute atomic E-state index is 5.62. The van der Waals surface area contributed by atoms with Crippen molar-refractivity contribution in [2.75, 3.05) is 5.73 Å². The van der Waals surface area contributed by atoms with Crippen LogP contribution in [0.25, 0.3) is 0 Å². The molecular weight excluding hydrogens is 230 g/mol. The first kappa shape index (κ1) is 10.6. The molecule has 0 fully saturated rings. The third-order valence-corrected chi connectivity index (χ3v) is 1.93. The van der Waals surface area contributed by atoms with E-state index in [1.807, 2.05) is 6.92 Å². The van der Waals surface area contributed by atoms with Gasteiger partial charge in [0.2, 0.25) is 11.2 Å². The minimum Gasteiger partial charge on any atom is -0.422 e. The number of hydrogen-bond acceptors (Lipinski definition) is 6. The van der Waals surface area contributed by atoms with Crippen LogP contribution in [0.4, 0.5) is 5.95 Å². The fourth-order valence-corrected chi connectivity index (χ4v) is 1.23. The van der Waals surface area contributed by atoms with Crippen LogP contribution in [0.5, 0.6) is 11.8 Å². The summed E-state index contributed by atoms with van der Waals surface area (Å²) in [4.78, 5) is 15.3. The Morgan fingerprint density at radius 2 is 2.12 bits per heavy atom. The molecule has 2 N–H and O–H groups in total. The van der Waals surface area contributed by atoms with Gasteiger partial charge in [-0.05, 0) is 30.7 Å². The summed E-state index contributed by atoms with van der Waals surface area (Å²) in [6.07, 6.45) is 1.66. The van der Waals surface area contributed by atoms with Crippen molar-refractivity contribution in [3.8, 4) is 11.8 Å². The van der Waals surface area contributed by atoms with E-state index in [2.05, 4.69) is 19.9 Å². The Hall–Kier alpha value is -1.95. The molecule has 2 aromatic rings. The monoisotopic (exact) mass is 237 g/mol. The molecule has 0 spiro atoms. The molecule has 0 saturated carbocycles.